The van der Waals surface area contributed by atoms with Crippen molar-refractivity contribution in [2.45, 2.75) is 47.0 Å². The number of fused-ring (bicyclic) bond motifs is 2. The molecular formula is C19H24O2. The summed E-state index contributed by atoms with van der Waals surface area (Å²) in [6.45, 7) is 8.21. The molecule has 0 aliphatic heterocycles. The number of carbonyl (C=O) groups excluding carboxylic acids is 2. The Labute approximate surface area is 127 Å². The molecule has 2 saturated carbocycles. The van der Waals surface area contributed by atoms with Crippen LogP contribution in [0.5, 0.6) is 0 Å². The van der Waals surface area contributed by atoms with Crippen LogP contribution in [0.15, 0.2) is 36.0 Å². The lowest BCUT2D eigenvalue weighted by atomic mass is 9.67. The second-order valence-corrected chi connectivity index (χ2v) is 7.75. The average molecular weight is 284 g/mol. The van der Waals surface area contributed by atoms with Crippen molar-refractivity contribution in [3.05, 3.63) is 36.0 Å². The highest BCUT2D eigenvalue weighted by Crippen LogP contribution is 2.63. The zero-order valence-electron chi connectivity index (χ0n) is 13.4. The van der Waals surface area contributed by atoms with Crippen molar-refractivity contribution < 1.29 is 9.59 Å². The Morgan fingerprint density at radius 2 is 1.81 bits per heavy atom. The van der Waals surface area contributed by atoms with Gasteiger partial charge in [-0.3, -0.25) is 9.59 Å². The van der Waals surface area contributed by atoms with Gasteiger partial charge >= 0.3 is 0 Å². The lowest BCUT2D eigenvalue weighted by Gasteiger charge is -2.35. The Morgan fingerprint density at radius 1 is 1.19 bits per heavy atom. The Kier molecular flexibility index (Phi) is 2.96. The predicted molar refractivity (Wildman–Crippen MR) is 83.7 cm³/mol. The minimum atomic E-state index is -0.553. The van der Waals surface area contributed by atoms with Crippen molar-refractivity contribution >= 4 is 11.6 Å². The van der Waals surface area contributed by atoms with Crippen molar-refractivity contribution in [1.29, 1.82) is 0 Å². The van der Waals surface area contributed by atoms with Crippen LogP contribution in [0, 0.1) is 22.2 Å². The van der Waals surface area contributed by atoms with Gasteiger partial charge in [0.15, 0.2) is 5.78 Å². The molecule has 3 aliphatic carbocycles. The molecule has 2 fully saturated rings. The standard InChI is InChI=1S/C19H24O2/c1-17(2)13-8-11-19(4,16(13)21)14(17)12-15(20)18(3)9-6-5-7-10-18/h6-7,9-10,12-13H,5,8,11H2,1-4H3/b14-12-. The third-order valence-corrected chi connectivity index (χ3v) is 5.96. The number of ketones is 2. The summed E-state index contributed by atoms with van der Waals surface area (Å²) in [4.78, 5) is 25.4. The number of Topliss-reactive ketones (excluding diaryl/α,β-unsaturated/α-hetero) is 1. The molecule has 2 bridgehead atoms. The first-order valence-electron chi connectivity index (χ1n) is 7.89. The van der Waals surface area contributed by atoms with Crippen LogP contribution in [0.4, 0.5) is 0 Å². The van der Waals surface area contributed by atoms with E-state index < -0.39 is 10.8 Å². The minimum Gasteiger partial charge on any atom is -0.298 e. The van der Waals surface area contributed by atoms with Crippen molar-refractivity contribution in [3.63, 3.8) is 0 Å². The fourth-order valence-electron chi connectivity index (χ4n) is 4.48. The van der Waals surface area contributed by atoms with Crippen LogP contribution in [0.3, 0.4) is 0 Å². The summed E-state index contributed by atoms with van der Waals surface area (Å²) in [7, 11) is 0. The van der Waals surface area contributed by atoms with Gasteiger partial charge in [0.25, 0.3) is 0 Å². The smallest absolute Gasteiger partial charge is 0.169 e. The first-order valence-corrected chi connectivity index (χ1v) is 7.89. The first-order chi connectivity index (χ1) is 9.72. The third-order valence-electron chi connectivity index (χ3n) is 5.96. The highest BCUT2D eigenvalue weighted by molar-refractivity contribution is 6.03. The van der Waals surface area contributed by atoms with Crippen molar-refractivity contribution in [1.82, 2.24) is 0 Å². The largest absolute Gasteiger partial charge is 0.298 e. The molecule has 0 N–H and O–H groups in total. The quantitative estimate of drug-likeness (QED) is 0.566. The summed E-state index contributed by atoms with van der Waals surface area (Å²) >= 11 is 0. The highest BCUT2D eigenvalue weighted by Gasteiger charge is 2.62. The summed E-state index contributed by atoms with van der Waals surface area (Å²) in [5.74, 6) is 0.526. The van der Waals surface area contributed by atoms with Gasteiger partial charge in [-0.1, -0.05) is 38.2 Å². The average Bonchev–Trinajstić information content (AvgIpc) is 2.79. The van der Waals surface area contributed by atoms with E-state index >= 15 is 0 Å². The number of rotatable bonds is 2. The first kappa shape index (κ1) is 14.5. The number of allylic oxidation sites excluding steroid dienone is 6. The molecular weight excluding hydrogens is 260 g/mol. The Morgan fingerprint density at radius 3 is 2.33 bits per heavy atom. The van der Waals surface area contributed by atoms with Crippen molar-refractivity contribution in [3.8, 4) is 0 Å². The predicted octanol–water partition coefficient (Wildman–Crippen LogP) is 4.03. The van der Waals surface area contributed by atoms with E-state index in [0.717, 1.165) is 24.8 Å². The van der Waals surface area contributed by atoms with Gasteiger partial charge < -0.3 is 0 Å². The molecule has 2 heteroatoms. The zero-order chi connectivity index (χ0) is 15.5. The van der Waals surface area contributed by atoms with Crippen LogP contribution in [0.25, 0.3) is 0 Å². The van der Waals surface area contributed by atoms with Crippen molar-refractivity contribution in [2.75, 3.05) is 0 Å². The molecule has 3 rings (SSSR count). The Bertz CT molecular complexity index is 591. The SMILES string of the molecule is CC1(C(=O)/C=C2\C3(C)CCC(C3=O)C2(C)C)C=CCC=C1. The second kappa shape index (κ2) is 4.28. The molecule has 2 atom stereocenters. The van der Waals surface area contributed by atoms with E-state index in [1.807, 2.05) is 38.2 Å². The van der Waals surface area contributed by atoms with Crippen LogP contribution in [0.2, 0.25) is 0 Å². The van der Waals surface area contributed by atoms with Gasteiger partial charge in [0.1, 0.15) is 5.78 Å². The van der Waals surface area contributed by atoms with E-state index in [1.54, 1.807) is 6.08 Å². The molecule has 2 unspecified atom stereocenters. The number of hydrogen-bond acceptors (Lipinski definition) is 2. The fourth-order valence-corrected chi connectivity index (χ4v) is 4.48. The van der Waals surface area contributed by atoms with Gasteiger partial charge in [-0.05, 0) is 50.2 Å². The van der Waals surface area contributed by atoms with Gasteiger partial charge in [-0.25, -0.2) is 0 Å². The maximum absolute atomic E-state index is 12.8. The maximum Gasteiger partial charge on any atom is 0.169 e. The van der Waals surface area contributed by atoms with Gasteiger partial charge in [0.2, 0.25) is 0 Å². The van der Waals surface area contributed by atoms with E-state index in [9.17, 15) is 9.59 Å². The Hall–Kier alpha value is -1.44. The van der Waals surface area contributed by atoms with Crippen LogP contribution in [0.1, 0.15) is 47.0 Å². The molecule has 0 amide bonds. The van der Waals surface area contributed by atoms with E-state index in [4.69, 9.17) is 0 Å². The fraction of sp³-hybridized carbons (Fsp3) is 0.579. The zero-order valence-corrected chi connectivity index (χ0v) is 13.4. The second-order valence-electron chi connectivity index (χ2n) is 7.75. The third kappa shape index (κ3) is 1.84. The molecule has 0 saturated heterocycles. The minimum absolute atomic E-state index is 0.0896. The summed E-state index contributed by atoms with van der Waals surface area (Å²) in [6, 6.07) is 0. The molecule has 3 aliphatic rings. The van der Waals surface area contributed by atoms with Gasteiger partial charge in [-0.15, -0.1) is 0 Å². The molecule has 112 valence electrons. The topological polar surface area (TPSA) is 34.1 Å². The van der Waals surface area contributed by atoms with Gasteiger partial charge in [-0.2, -0.15) is 0 Å². The monoisotopic (exact) mass is 284 g/mol. The lowest BCUT2D eigenvalue weighted by Crippen LogP contribution is -2.30. The lowest BCUT2D eigenvalue weighted by molar-refractivity contribution is -0.125. The summed E-state index contributed by atoms with van der Waals surface area (Å²) in [5.41, 5.74) is -0.0990. The normalized spacial score (nSPS) is 37.4. The maximum atomic E-state index is 12.8. The molecule has 0 aromatic rings. The molecule has 0 aromatic heterocycles. The highest BCUT2D eigenvalue weighted by atomic mass is 16.1. The molecule has 0 aromatic carbocycles. The number of hydrogen-bond donors (Lipinski definition) is 0. The van der Waals surface area contributed by atoms with Gasteiger partial charge in [0, 0.05) is 11.3 Å². The van der Waals surface area contributed by atoms with Crippen LogP contribution < -0.4 is 0 Å². The summed E-state index contributed by atoms with van der Waals surface area (Å²) < 4.78 is 0. The van der Waals surface area contributed by atoms with E-state index in [2.05, 4.69) is 13.8 Å². The summed E-state index contributed by atoms with van der Waals surface area (Å²) in [6.07, 6.45) is 12.6. The van der Waals surface area contributed by atoms with Crippen LogP contribution >= 0.6 is 0 Å². The molecule has 21 heavy (non-hydrogen) atoms. The van der Waals surface area contributed by atoms with E-state index in [0.29, 0.717) is 5.78 Å². The molecule has 0 spiro atoms. The number of carbonyl (C=O) groups is 2. The summed E-state index contributed by atoms with van der Waals surface area (Å²) in [5, 5.41) is 0. The van der Waals surface area contributed by atoms with E-state index in [-0.39, 0.29) is 17.1 Å². The Balaban J connectivity index is 2.02. The molecule has 0 radical (unpaired) electrons. The van der Waals surface area contributed by atoms with Crippen molar-refractivity contribution in [2.24, 2.45) is 22.2 Å². The molecule has 0 heterocycles. The molecule has 2 nitrogen and oxygen atoms in total. The van der Waals surface area contributed by atoms with Gasteiger partial charge in [0.05, 0.1) is 5.41 Å². The van der Waals surface area contributed by atoms with Crippen LogP contribution in [-0.2, 0) is 9.59 Å². The van der Waals surface area contributed by atoms with Crippen LogP contribution in [-0.4, -0.2) is 11.6 Å². The van der Waals surface area contributed by atoms with E-state index in [1.165, 1.54) is 0 Å².